The largest absolute Gasteiger partial charge is 0.375 e. The molecule has 0 unspecified atom stereocenters. The zero-order valence-electron chi connectivity index (χ0n) is 5.52. The zero-order valence-corrected chi connectivity index (χ0v) is 7.93. The van der Waals surface area contributed by atoms with Crippen molar-refractivity contribution >= 4 is 27.7 Å². The van der Waals surface area contributed by atoms with Gasteiger partial charge in [0.2, 0.25) is 0 Å². The van der Waals surface area contributed by atoms with E-state index in [0.29, 0.717) is 6.61 Å². The maximum absolute atomic E-state index is 5.17. The highest BCUT2D eigenvalue weighted by Gasteiger charge is 1.86. The Bertz CT molecular complexity index is 85.1. The number of rotatable bonds is 5. The molecule has 1 nitrogen and oxygen atoms in total. The molecule has 9 heavy (non-hydrogen) atoms. The first-order valence-electron chi connectivity index (χ1n) is 2.67. The first kappa shape index (κ1) is 9.53. The lowest BCUT2D eigenvalue weighted by Crippen LogP contribution is -1.97. The average molecular weight is 211 g/mol. The molecule has 0 spiro atoms. The molecule has 0 bridgehead atoms. The van der Waals surface area contributed by atoms with E-state index in [-0.39, 0.29) is 0 Å². The predicted molar refractivity (Wildman–Crippen MR) is 47.3 cm³/mol. The molecule has 0 fully saturated rings. The Morgan fingerprint density at radius 1 is 1.78 bits per heavy atom. The van der Waals surface area contributed by atoms with Gasteiger partial charge in [0, 0.05) is 10.2 Å². The summed E-state index contributed by atoms with van der Waals surface area (Å²) < 4.78 is 6.07. The van der Waals surface area contributed by atoms with Crippen molar-refractivity contribution in [3.63, 3.8) is 0 Å². The summed E-state index contributed by atoms with van der Waals surface area (Å²) in [6.45, 7) is 5.07. The van der Waals surface area contributed by atoms with Crippen LogP contribution in [0.1, 0.15) is 0 Å². The summed E-state index contributed by atoms with van der Waals surface area (Å²) in [6, 6.07) is 0. The normalized spacial score (nSPS) is 9.56. The van der Waals surface area contributed by atoms with E-state index in [4.69, 9.17) is 4.74 Å². The van der Waals surface area contributed by atoms with Crippen molar-refractivity contribution in [2.75, 3.05) is 25.2 Å². The Hall–Kier alpha value is 0.530. The van der Waals surface area contributed by atoms with Gasteiger partial charge in [0.15, 0.2) is 0 Å². The number of hydrogen-bond acceptors (Lipinski definition) is 2. The molecule has 54 valence electrons. The van der Waals surface area contributed by atoms with Gasteiger partial charge in [-0.1, -0.05) is 22.5 Å². The molecule has 0 heterocycles. The molecule has 0 aliphatic carbocycles. The fraction of sp³-hybridized carbons (Fsp3) is 0.667. The second kappa shape index (κ2) is 6.65. The number of thioether (sulfide) groups is 1. The van der Waals surface area contributed by atoms with Crippen molar-refractivity contribution < 1.29 is 4.74 Å². The molecule has 0 aliphatic heterocycles. The summed E-state index contributed by atoms with van der Waals surface area (Å²) in [5.74, 6) is 1.06. The summed E-state index contributed by atoms with van der Waals surface area (Å²) in [6.07, 6.45) is 2.06. The molecule has 0 radical (unpaired) electrons. The van der Waals surface area contributed by atoms with Crippen LogP contribution in [0.15, 0.2) is 11.1 Å². The molecule has 0 N–H and O–H groups in total. The Balaban J connectivity index is 2.83. The number of ether oxygens (including phenoxy) is 1. The highest BCUT2D eigenvalue weighted by Crippen LogP contribution is 2.00. The smallest absolute Gasteiger partial charge is 0.0776 e. The van der Waals surface area contributed by atoms with E-state index in [2.05, 4.69) is 28.8 Å². The third-order valence-corrected chi connectivity index (χ3v) is 1.49. The highest BCUT2D eigenvalue weighted by molar-refractivity contribution is 9.11. The third kappa shape index (κ3) is 8.53. The van der Waals surface area contributed by atoms with Crippen molar-refractivity contribution in [1.82, 2.24) is 0 Å². The van der Waals surface area contributed by atoms with E-state index < -0.39 is 0 Å². The molecule has 0 atom stereocenters. The molecule has 0 saturated carbocycles. The van der Waals surface area contributed by atoms with Gasteiger partial charge in [-0.15, -0.1) is 0 Å². The second-order valence-electron chi connectivity index (χ2n) is 1.56. The summed E-state index contributed by atoms with van der Waals surface area (Å²) in [5.41, 5.74) is 0. The second-order valence-corrected chi connectivity index (χ2v) is 3.67. The quantitative estimate of drug-likeness (QED) is 0.645. The Labute approximate surface area is 69.0 Å². The van der Waals surface area contributed by atoms with Crippen molar-refractivity contribution in [3.05, 3.63) is 11.1 Å². The van der Waals surface area contributed by atoms with Crippen LogP contribution in [0.4, 0.5) is 0 Å². The lowest BCUT2D eigenvalue weighted by atomic mass is 10.7. The van der Waals surface area contributed by atoms with Crippen LogP contribution in [0.5, 0.6) is 0 Å². The van der Waals surface area contributed by atoms with Gasteiger partial charge in [0.05, 0.1) is 13.2 Å². The van der Waals surface area contributed by atoms with Crippen LogP contribution in [-0.4, -0.2) is 25.2 Å². The number of halogens is 1. The van der Waals surface area contributed by atoms with E-state index >= 15 is 0 Å². The van der Waals surface area contributed by atoms with Crippen molar-refractivity contribution in [2.45, 2.75) is 0 Å². The molecule has 0 rings (SSSR count). The van der Waals surface area contributed by atoms with E-state index in [0.717, 1.165) is 16.8 Å². The molecule has 0 aromatic carbocycles. The predicted octanol–water partition coefficient (Wildman–Crippen LogP) is 2.27. The van der Waals surface area contributed by atoms with Crippen LogP contribution in [-0.2, 0) is 4.74 Å². The fourth-order valence-electron chi connectivity index (χ4n) is 0.325. The van der Waals surface area contributed by atoms with Crippen LogP contribution in [0, 0.1) is 0 Å². The summed E-state index contributed by atoms with van der Waals surface area (Å²) >= 11 is 4.98. The van der Waals surface area contributed by atoms with Gasteiger partial charge in [-0.25, -0.2) is 0 Å². The molecule has 0 aromatic heterocycles. The molecule has 0 saturated heterocycles. The van der Waals surface area contributed by atoms with Gasteiger partial charge >= 0.3 is 0 Å². The molecule has 3 heteroatoms. The molecular weight excluding hydrogens is 200 g/mol. The van der Waals surface area contributed by atoms with Gasteiger partial charge in [0.1, 0.15) is 0 Å². The monoisotopic (exact) mass is 210 g/mol. The Kier molecular flexibility index (Phi) is 7.04. The maximum atomic E-state index is 5.17. The van der Waals surface area contributed by atoms with Crippen LogP contribution in [0.3, 0.4) is 0 Å². The molecular formula is C6H11BrOS. The van der Waals surface area contributed by atoms with Gasteiger partial charge in [0.25, 0.3) is 0 Å². The summed E-state index contributed by atoms with van der Waals surface area (Å²) in [4.78, 5) is 0. The minimum atomic E-state index is 0.626. The average Bonchev–Trinajstić information content (AvgIpc) is 1.80. The number of hydrogen-bond donors (Lipinski definition) is 0. The molecule has 0 aliphatic rings. The van der Waals surface area contributed by atoms with Crippen LogP contribution < -0.4 is 0 Å². The van der Waals surface area contributed by atoms with Gasteiger partial charge in [-0.3, -0.25) is 0 Å². The minimum Gasteiger partial charge on any atom is -0.375 e. The first-order chi connectivity index (χ1) is 4.27. The topological polar surface area (TPSA) is 9.23 Å². The van der Waals surface area contributed by atoms with Crippen LogP contribution >= 0.6 is 27.7 Å². The van der Waals surface area contributed by atoms with Gasteiger partial charge in [-0.05, 0) is 6.26 Å². The van der Waals surface area contributed by atoms with E-state index in [1.54, 1.807) is 11.8 Å². The van der Waals surface area contributed by atoms with Gasteiger partial charge < -0.3 is 4.74 Å². The minimum absolute atomic E-state index is 0.626. The highest BCUT2D eigenvalue weighted by atomic mass is 79.9. The summed E-state index contributed by atoms with van der Waals surface area (Å²) in [7, 11) is 0. The van der Waals surface area contributed by atoms with E-state index in [1.165, 1.54) is 0 Å². The Morgan fingerprint density at radius 3 is 2.89 bits per heavy atom. The van der Waals surface area contributed by atoms with Crippen molar-refractivity contribution in [3.8, 4) is 0 Å². The third-order valence-electron chi connectivity index (χ3n) is 0.690. The molecule has 0 amide bonds. The van der Waals surface area contributed by atoms with E-state index in [1.807, 2.05) is 0 Å². The van der Waals surface area contributed by atoms with E-state index in [9.17, 15) is 0 Å². The first-order valence-corrected chi connectivity index (χ1v) is 4.86. The maximum Gasteiger partial charge on any atom is 0.0776 e. The Morgan fingerprint density at radius 2 is 2.44 bits per heavy atom. The van der Waals surface area contributed by atoms with Crippen LogP contribution in [0.2, 0.25) is 0 Å². The standard InChI is InChI=1S/C6H11BrOS/c1-6(7)5-8-3-4-9-2/h1,3-5H2,2H3. The fourth-order valence-corrected chi connectivity index (χ4v) is 0.772. The zero-order chi connectivity index (χ0) is 7.11. The molecule has 0 aromatic rings. The summed E-state index contributed by atoms with van der Waals surface area (Å²) in [5, 5.41) is 0. The lowest BCUT2D eigenvalue weighted by molar-refractivity contribution is 0.179. The lowest BCUT2D eigenvalue weighted by Gasteiger charge is -1.99. The van der Waals surface area contributed by atoms with Crippen LogP contribution in [0.25, 0.3) is 0 Å². The SMILES string of the molecule is C=C(Br)COCCSC. The van der Waals surface area contributed by atoms with Crippen molar-refractivity contribution in [1.29, 1.82) is 0 Å². The van der Waals surface area contributed by atoms with Crippen molar-refractivity contribution in [2.24, 2.45) is 0 Å². The van der Waals surface area contributed by atoms with Gasteiger partial charge in [-0.2, -0.15) is 11.8 Å².